The lowest BCUT2D eigenvalue weighted by Gasteiger charge is -2.32. The van der Waals surface area contributed by atoms with Gasteiger partial charge >= 0.3 is 5.97 Å². The van der Waals surface area contributed by atoms with Gasteiger partial charge in [-0.2, -0.15) is 50.5 Å². The van der Waals surface area contributed by atoms with E-state index in [0.29, 0.717) is 12.1 Å². The van der Waals surface area contributed by atoms with E-state index in [-0.39, 0.29) is 58.7 Å². The van der Waals surface area contributed by atoms with Crippen molar-refractivity contribution < 1.29 is 97.3 Å². The molecule has 70 heavy (non-hydrogen) atoms. The Morgan fingerprint density at radius 2 is 1.19 bits per heavy atom. The summed E-state index contributed by atoms with van der Waals surface area (Å²) in [6.45, 7) is -1.57. The minimum absolute atomic E-state index is 0.00635. The highest BCUT2D eigenvalue weighted by Crippen LogP contribution is 2.48. The standard InChI is InChI=1S/C39H37N3O22S6/c1-42(12-4-7-37(43)44)39(45)26-6-3-2-5-25(26)38-27-15-35(69(58,59)60)29(40-19-21-8-10-23(65(46,47)48)13-33(21)67(52,53)54)17-31(27)64-32-18-30(36(16-28(32)38)70(61,62)63)41-20-22-9-11-24(66(49,50)51)14-34(22)68(55,56)57/h2-3,5-6,8-11,13-18,29,40-41H,4,7,12,19-20H2,1H3,(H,43,44)(H,46,47,48)(H,49,50,51)(H,52,53,54)(H,55,56,57)(H,58,59,60)(H,61,62,63). The molecule has 1 aliphatic heterocycles. The third-order valence-corrected chi connectivity index (χ3v) is 15.9. The summed E-state index contributed by atoms with van der Waals surface area (Å²) in [5, 5.41) is 14.3. The molecule has 0 fully saturated rings. The van der Waals surface area contributed by atoms with Crippen molar-refractivity contribution in [2.45, 2.75) is 56.5 Å². The number of allylic oxidation sites excluding steroid dienone is 1. The highest BCUT2D eigenvalue weighted by molar-refractivity contribution is 7.90. The van der Waals surface area contributed by atoms with Crippen molar-refractivity contribution in [3.8, 4) is 5.75 Å². The Kier molecular flexibility index (Phi) is 14.8. The van der Waals surface area contributed by atoms with Crippen molar-refractivity contribution in [3.63, 3.8) is 0 Å². The molecule has 4 aromatic rings. The number of nitrogens with zero attached hydrogens (tertiary/aromatic N) is 1. The van der Waals surface area contributed by atoms with Gasteiger partial charge in [0.15, 0.2) is 0 Å². The van der Waals surface area contributed by atoms with Gasteiger partial charge < -0.3 is 25.4 Å². The van der Waals surface area contributed by atoms with Gasteiger partial charge in [-0.1, -0.05) is 30.3 Å². The van der Waals surface area contributed by atoms with Gasteiger partial charge in [0.05, 0.1) is 31.3 Å². The second-order valence-electron chi connectivity index (χ2n) is 15.2. The molecule has 1 unspecified atom stereocenters. The third kappa shape index (κ3) is 12.0. The number of carboxylic acid groups (broad SMARTS) is 1. The predicted molar refractivity (Wildman–Crippen MR) is 241 cm³/mol. The van der Waals surface area contributed by atoms with Gasteiger partial charge in [-0.15, -0.1) is 0 Å². The monoisotopic (exact) mass is 1090 g/mol. The Balaban J connectivity index is 1.57. The molecule has 376 valence electrons. The molecule has 25 nitrogen and oxygen atoms in total. The van der Waals surface area contributed by atoms with Gasteiger partial charge in [-0.05, 0) is 71.7 Å². The van der Waals surface area contributed by atoms with Crippen molar-refractivity contribution >= 4 is 83.8 Å². The molecule has 4 aromatic carbocycles. The molecule has 31 heteroatoms. The van der Waals surface area contributed by atoms with E-state index in [9.17, 15) is 87.4 Å². The molecule has 6 rings (SSSR count). The Hall–Kier alpha value is -5.94. The normalized spacial score (nSPS) is 15.5. The first-order valence-corrected chi connectivity index (χ1v) is 28.0. The predicted octanol–water partition coefficient (Wildman–Crippen LogP) is 2.49. The minimum Gasteiger partial charge on any atom is -0.481 e. The number of hydrogen-bond acceptors (Lipinski definition) is 17. The smallest absolute Gasteiger partial charge is 0.303 e. The molecule has 0 saturated heterocycles. The molecule has 1 aliphatic carbocycles. The van der Waals surface area contributed by atoms with Gasteiger partial charge in [0.25, 0.3) is 66.6 Å². The van der Waals surface area contributed by atoms with Crippen LogP contribution < -0.4 is 15.4 Å². The molecule has 0 spiro atoms. The molecule has 1 atom stereocenters. The van der Waals surface area contributed by atoms with Crippen LogP contribution in [0.5, 0.6) is 5.75 Å². The van der Waals surface area contributed by atoms with Crippen LogP contribution in [0.1, 0.15) is 45.5 Å². The minimum atomic E-state index is -5.36. The van der Waals surface area contributed by atoms with Crippen molar-refractivity contribution in [2.24, 2.45) is 0 Å². The van der Waals surface area contributed by atoms with Crippen LogP contribution in [0.4, 0.5) is 5.69 Å². The van der Waals surface area contributed by atoms with Gasteiger partial charge in [0.2, 0.25) is 0 Å². The molecule has 2 aliphatic rings. The molecule has 0 radical (unpaired) electrons. The third-order valence-electron chi connectivity index (χ3n) is 10.5. The molecular formula is C39H37N3O22S6. The maximum Gasteiger partial charge on any atom is 0.303 e. The van der Waals surface area contributed by atoms with Crippen molar-refractivity contribution in [3.05, 3.63) is 129 Å². The number of benzene rings is 4. The van der Waals surface area contributed by atoms with E-state index in [2.05, 4.69) is 10.6 Å². The van der Waals surface area contributed by atoms with E-state index in [1.54, 1.807) is 0 Å². The molecule has 0 saturated carbocycles. The number of aliphatic carboxylic acids is 1. The first kappa shape index (κ1) is 53.4. The van der Waals surface area contributed by atoms with Crippen LogP contribution in [-0.2, 0) is 78.6 Å². The van der Waals surface area contributed by atoms with E-state index in [1.807, 2.05) is 0 Å². The SMILES string of the molecule is CN(CCCC(=O)O)C(=O)c1ccccc1C1=C2C=C(S(=O)(=O)O)C(NCc3ccc(S(=O)(=O)O)cc3S(=O)(=O)O)C=C2Oc2cc(NCc3ccc(S(=O)(=O)O)cc3S(=O)(=O)O)c(S(=O)(=O)O)cc21. The van der Waals surface area contributed by atoms with E-state index >= 15 is 0 Å². The maximum atomic E-state index is 14.1. The highest BCUT2D eigenvalue weighted by Gasteiger charge is 2.37. The molecule has 0 aromatic heterocycles. The lowest BCUT2D eigenvalue weighted by molar-refractivity contribution is -0.137. The number of ether oxygens (including phenoxy) is 1. The van der Waals surface area contributed by atoms with Crippen LogP contribution in [0.25, 0.3) is 5.57 Å². The van der Waals surface area contributed by atoms with Gasteiger partial charge in [-0.3, -0.25) is 36.9 Å². The van der Waals surface area contributed by atoms with Crippen molar-refractivity contribution in [2.75, 3.05) is 18.9 Å². The van der Waals surface area contributed by atoms with Crippen LogP contribution in [-0.4, -0.2) is 119 Å². The zero-order valence-electron chi connectivity index (χ0n) is 35.3. The Bertz CT molecular complexity index is 3680. The summed E-state index contributed by atoms with van der Waals surface area (Å²) in [6.07, 6.45) is 1.56. The number of hydrogen-bond donors (Lipinski definition) is 9. The molecule has 0 bridgehead atoms. The number of anilines is 1. The number of rotatable bonds is 18. The summed E-state index contributed by atoms with van der Waals surface area (Å²) in [5.74, 6) is -2.55. The first-order chi connectivity index (χ1) is 32.2. The first-order valence-electron chi connectivity index (χ1n) is 19.3. The Labute approximate surface area is 399 Å². The zero-order chi connectivity index (χ0) is 52.1. The van der Waals surface area contributed by atoms with Crippen LogP contribution in [0.15, 0.2) is 126 Å². The average Bonchev–Trinajstić information content (AvgIpc) is 3.23. The van der Waals surface area contributed by atoms with Crippen molar-refractivity contribution in [1.29, 1.82) is 0 Å². The van der Waals surface area contributed by atoms with E-state index in [4.69, 9.17) is 9.84 Å². The number of amides is 1. The second kappa shape index (κ2) is 19.3. The summed E-state index contributed by atoms with van der Waals surface area (Å²) < 4.78 is 215. The fourth-order valence-electron chi connectivity index (χ4n) is 7.29. The topological polar surface area (TPSA) is 417 Å². The fraction of sp³-hybridized carbons (Fsp3) is 0.179. The summed E-state index contributed by atoms with van der Waals surface area (Å²) in [4.78, 5) is 20.6. The summed E-state index contributed by atoms with van der Waals surface area (Å²) in [5.41, 5.74) is -2.34. The van der Waals surface area contributed by atoms with Crippen LogP contribution in [0.2, 0.25) is 0 Å². The lowest BCUT2D eigenvalue weighted by Crippen LogP contribution is -2.35. The number of fused-ring (bicyclic) bond motifs is 2. The Morgan fingerprint density at radius 3 is 1.70 bits per heavy atom. The summed E-state index contributed by atoms with van der Waals surface area (Å²) in [7, 11) is -29.8. The van der Waals surface area contributed by atoms with E-state index in [0.717, 1.165) is 53.5 Å². The quantitative estimate of drug-likeness (QED) is 0.0646. The molecular weight excluding hydrogens is 1050 g/mol. The lowest BCUT2D eigenvalue weighted by atomic mass is 9.84. The highest BCUT2D eigenvalue weighted by atomic mass is 32.2. The maximum absolute atomic E-state index is 14.1. The van der Waals surface area contributed by atoms with E-state index < -0.39 is 138 Å². The molecule has 9 N–H and O–H groups in total. The van der Waals surface area contributed by atoms with Crippen molar-refractivity contribution in [1.82, 2.24) is 10.2 Å². The van der Waals surface area contributed by atoms with Crippen LogP contribution in [0, 0.1) is 0 Å². The van der Waals surface area contributed by atoms with Gasteiger partial charge in [-0.25, -0.2) is 0 Å². The molecule has 1 heterocycles. The fourth-order valence-corrected chi connectivity index (χ4v) is 11.4. The molecule has 1 amide bonds. The average molecular weight is 1090 g/mol. The number of carboxylic acids is 1. The number of carbonyl (C=O) groups excluding carboxylic acids is 1. The van der Waals surface area contributed by atoms with Crippen LogP contribution in [0.3, 0.4) is 0 Å². The van der Waals surface area contributed by atoms with Gasteiger partial charge in [0, 0.05) is 61.4 Å². The number of carbonyl (C=O) groups is 2. The largest absolute Gasteiger partial charge is 0.481 e. The Morgan fingerprint density at radius 1 is 0.643 bits per heavy atom. The number of nitrogens with one attached hydrogen (secondary N) is 2. The summed E-state index contributed by atoms with van der Waals surface area (Å²) in [6, 6.07) is 9.63. The summed E-state index contributed by atoms with van der Waals surface area (Å²) >= 11 is 0. The zero-order valence-corrected chi connectivity index (χ0v) is 40.2. The second-order valence-corrected chi connectivity index (χ2v) is 23.6. The van der Waals surface area contributed by atoms with Crippen LogP contribution >= 0.6 is 0 Å². The van der Waals surface area contributed by atoms with E-state index in [1.165, 1.54) is 31.3 Å². The van der Waals surface area contributed by atoms with Gasteiger partial charge in [0.1, 0.15) is 21.3 Å².